The first-order valence-corrected chi connectivity index (χ1v) is 12.9. The third-order valence-electron chi connectivity index (χ3n) is 7.27. The summed E-state index contributed by atoms with van der Waals surface area (Å²) in [5.74, 6) is -1.79. The summed E-state index contributed by atoms with van der Waals surface area (Å²) in [6, 6.07) is 9.34. The van der Waals surface area contributed by atoms with Gasteiger partial charge in [0.15, 0.2) is 6.10 Å². The van der Waals surface area contributed by atoms with Gasteiger partial charge in [-0.3, -0.25) is 9.59 Å². The Kier molecular flexibility index (Phi) is 10.9. The molecule has 2 aliphatic heterocycles. The lowest BCUT2D eigenvalue weighted by Gasteiger charge is -2.48. The molecule has 208 valence electrons. The fraction of sp³-hybridized carbons (Fsp3) is 0.704. The normalized spacial score (nSPS) is 36.1. The van der Waals surface area contributed by atoms with Crippen LogP contribution in [0.4, 0.5) is 0 Å². The van der Waals surface area contributed by atoms with Gasteiger partial charge in [-0.2, -0.15) is 0 Å². The summed E-state index contributed by atoms with van der Waals surface area (Å²) < 4.78 is 29.1. The molecule has 3 N–H and O–H groups in total. The van der Waals surface area contributed by atoms with Crippen molar-refractivity contribution < 1.29 is 48.6 Å². The maximum absolute atomic E-state index is 12.1. The smallest absolute Gasteiger partial charge is 0.303 e. The number of carbonyl (C=O) groups is 2. The molecule has 1 aromatic rings. The Morgan fingerprint density at radius 2 is 1.59 bits per heavy atom. The highest BCUT2D eigenvalue weighted by Gasteiger charge is 2.51. The summed E-state index contributed by atoms with van der Waals surface area (Å²) in [4.78, 5) is 23.6. The molecule has 10 atom stereocenters. The van der Waals surface area contributed by atoms with Crippen molar-refractivity contribution in [2.45, 2.75) is 96.0 Å². The van der Waals surface area contributed by atoms with Gasteiger partial charge in [0.2, 0.25) is 0 Å². The van der Waals surface area contributed by atoms with E-state index < -0.39 is 67.2 Å². The Labute approximate surface area is 217 Å². The Balaban J connectivity index is 1.87. The summed E-state index contributed by atoms with van der Waals surface area (Å²) in [5.41, 5.74) is 0.858. The van der Waals surface area contributed by atoms with E-state index in [0.29, 0.717) is 6.42 Å². The third kappa shape index (κ3) is 7.49. The minimum Gasteiger partial charge on any atom is -0.463 e. The topological polar surface area (TPSA) is 141 Å². The van der Waals surface area contributed by atoms with E-state index in [4.69, 9.17) is 23.7 Å². The van der Waals surface area contributed by atoms with Gasteiger partial charge in [0, 0.05) is 25.7 Å². The van der Waals surface area contributed by atoms with Gasteiger partial charge in [-0.25, -0.2) is 0 Å². The molecule has 1 aromatic carbocycles. The fourth-order valence-corrected chi connectivity index (χ4v) is 5.30. The standard InChI is InChI=1S/C27H40O10/c1-5-20-15(2)24(31)19(23(36-20)14-33-16(3)29)11-21-26(35-17(4)30)27(25(32)22(12-28)37-21)34-13-18-9-7-6-8-10-18/h6-10,15,19-28,31-32H,5,11-14H2,1-4H3. The van der Waals surface area contributed by atoms with E-state index >= 15 is 0 Å². The highest BCUT2D eigenvalue weighted by molar-refractivity contribution is 5.66. The Bertz CT molecular complexity index is 864. The highest BCUT2D eigenvalue weighted by Crippen LogP contribution is 2.38. The number of ether oxygens (including phenoxy) is 5. The SMILES string of the molecule is CCC1OC(COC(C)=O)C(CC2OC(CO)C(O)C(OCc3ccccc3)C2OC(C)=O)C(O)C1C. The number of aliphatic hydroxyl groups is 3. The zero-order valence-corrected chi connectivity index (χ0v) is 21.9. The highest BCUT2D eigenvalue weighted by atomic mass is 16.6. The van der Waals surface area contributed by atoms with Gasteiger partial charge in [0.25, 0.3) is 0 Å². The second-order valence-corrected chi connectivity index (χ2v) is 9.89. The molecule has 37 heavy (non-hydrogen) atoms. The van der Waals surface area contributed by atoms with Crippen LogP contribution in [0.15, 0.2) is 30.3 Å². The van der Waals surface area contributed by atoms with Crippen LogP contribution in [0.3, 0.4) is 0 Å². The summed E-state index contributed by atoms with van der Waals surface area (Å²) in [5, 5.41) is 32.1. The predicted octanol–water partition coefficient (Wildman–Crippen LogP) is 1.37. The molecule has 10 heteroatoms. The molecule has 0 bridgehead atoms. The van der Waals surface area contributed by atoms with Gasteiger partial charge in [0.1, 0.15) is 24.9 Å². The second kappa shape index (κ2) is 13.6. The number of carbonyl (C=O) groups excluding carboxylic acids is 2. The number of aliphatic hydroxyl groups excluding tert-OH is 3. The quantitative estimate of drug-likeness (QED) is 0.384. The largest absolute Gasteiger partial charge is 0.463 e. The van der Waals surface area contributed by atoms with Crippen LogP contribution in [0.25, 0.3) is 0 Å². The molecular formula is C27H40O10. The van der Waals surface area contributed by atoms with Gasteiger partial charge < -0.3 is 39.0 Å². The molecule has 2 heterocycles. The first-order valence-electron chi connectivity index (χ1n) is 12.9. The van der Waals surface area contributed by atoms with E-state index in [9.17, 15) is 24.9 Å². The van der Waals surface area contributed by atoms with Crippen molar-refractivity contribution in [2.75, 3.05) is 13.2 Å². The fourth-order valence-electron chi connectivity index (χ4n) is 5.30. The summed E-state index contributed by atoms with van der Waals surface area (Å²) in [6.07, 6.45) is -5.93. The number of benzene rings is 1. The summed E-state index contributed by atoms with van der Waals surface area (Å²) in [6.45, 7) is 6.02. The predicted molar refractivity (Wildman–Crippen MR) is 131 cm³/mol. The number of hydrogen-bond acceptors (Lipinski definition) is 10. The van der Waals surface area contributed by atoms with Gasteiger partial charge in [0.05, 0.1) is 37.6 Å². The van der Waals surface area contributed by atoms with E-state index in [-0.39, 0.29) is 31.7 Å². The lowest BCUT2D eigenvalue weighted by Crippen LogP contribution is -2.62. The Morgan fingerprint density at radius 1 is 0.919 bits per heavy atom. The molecule has 0 aromatic heterocycles. The minimum atomic E-state index is -1.26. The second-order valence-electron chi connectivity index (χ2n) is 9.89. The molecule has 2 saturated heterocycles. The summed E-state index contributed by atoms with van der Waals surface area (Å²) >= 11 is 0. The van der Waals surface area contributed by atoms with Gasteiger partial charge in [-0.05, 0) is 18.4 Å². The lowest BCUT2D eigenvalue weighted by molar-refractivity contribution is -0.262. The average Bonchev–Trinajstić information content (AvgIpc) is 2.87. The molecule has 2 fully saturated rings. The van der Waals surface area contributed by atoms with Crippen molar-refractivity contribution in [3.05, 3.63) is 35.9 Å². The first kappa shape index (κ1) is 29.5. The van der Waals surface area contributed by atoms with Crippen molar-refractivity contribution >= 4 is 11.9 Å². The van der Waals surface area contributed by atoms with Crippen LogP contribution in [0.1, 0.15) is 46.1 Å². The van der Waals surface area contributed by atoms with Crippen LogP contribution in [-0.4, -0.2) is 89.3 Å². The van der Waals surface area contributed by atoms with Crippen LogP contribution in [0.2, 0.25) is 0 Å². The van der Waals surface area contributed by atoms with Crippen LogP contribution in [0.5, 0.6) is 0 Å². The van der Waals surface area contributed by atoms with Crippen LogP contribution < -0.4 is 0 Å². The zero-order chi connectivity index (χ0) is 27.1. The molecule has 0 saturated carbocycles. The maximum Gasteiger partial charge on any atom is 0.303 e. The first-order chi connectivity index (χ1) is 17.7. The van der Waals surface area contributed by atoms with Crippen LogP contribution in [0, 0.1) is 11.8 Å². The van der Waals surface area contributed by atoms with E-state index in [1.54, 1.807) is 0 Å². The van der Waals surface area contributed by atoms with E-state index in [2.05, 4.69) is 0 Å². The van der Waals surface area contributed by atoms with Crippen molar-refractivity contribution in [3.63, 3.8) is 0 Å². The van der Waals surface area contributed by atoms with Crippen molar-refractivity contribution in [3.8, 4) is 0 Å². The maximum atomic E-state index is 12.1. The summed E-state index contributed by atoms with van der Waals surface area (Å²) in [7, 11) is 0. The molecule has 10 nitrogen and oxygen atoms in total. The molecule has 0 radical (unpaired) electrons. The number of hydrogen-bond donors (Lipinski definition) is 3. The molecule has 0 amide bonds. The van der Waals surface area contributed by atoms with Crippen molar-refractivity contribution in [2.24, 2.45) is 11.8 Å². The average molecular weight is 525 g/mol. The lowest BCUT2D eigenvalue weighted by atomic mass is 9.76. The van der Waals surface area contributed by atoms with E-state index in [1.165, 1.54) is 13.8 Å². The van der Waals surface area contributed by atoms with Gasteiger partial charge in [-0.15, -0.1) is 0 Å². The third-order valence-corrected chi connectivity index (χ3v) is 7.27. The monoisotopic (exact) mass is 524 g/mol. The van der Waals surface area contributed by atoms with Crippen LogP contribution >= 0.6 is 0 Å². The molecule has 3 rings (SSSR count). The molecule has 2 aliphatic rings. The molecule has 10 unspecified atom stereocenters. The van der Waals surface area contributed by atoms with Crippen molar-refractivity contribution in [1.29, 1.82) is 0 Å². The van der Waals surface area contributed by atoms with E-state index in [0.717, 1.165) is 5.56 Å². The zero-order valence-electron chi connectivity index (χ0n) is 21.9. The molecular weight excluding hydrogens is 484 g/mol. The minimum absolute atomic E-state index is 0.0504. The van der Waals surface area contributed by atoms with E-state index in [1.807, 2.05) is 44.2 Å². The molecule has 0 aliphatic carbocycles. The Hall–Kier alpha value is -2.08. The van der Waals surface area contributed by atoms with Crippen molar-refractivity contribution in [1.82, 2.24) is 0 Å². The Morgan fingerprint density at radius 3 is 2.19 bits per heavy atom. The van der Waals surface area contributed by atoms with Crippen LogP contribution in [-0.2, 0) is 39.9 Å². The van der Waals surface area contributed by atoms with Gasteiger partial charge in [-0.1, -0.05) is 44.2 Å². The number of rotatable bonds is 10. The number of esters is 2. The van der Waals surface area contributed by atoms with Gasteiger partial charge >= 0.3 is 11.9 Å². The molecule has 0 spiro atoms.